The van der Waals surface area contributed by atoms with Crippen LogP contribution in [-0.2, 0) is 10.8 Å². The van der Waals surface area contributed by atoms with Crippen LogP contribution in [0.5, 0.6) is 0 Å². The monoisotopic (exact) mass is 1370 g/mol. The van der Waals surface area contributed by atoms with Gasteiger partial charge in [-0.1, -0.05) is 238 Å². The minimum atomic E-state index is -0.897. The molecule has 0 spiro atoms. The Labute approximate surface area is 603 Å². The average Bonchev–Trinajstić information content (AvgIpc) is 1.54. The number of hydrogen-bond acceptors (Lipinski definition) is 3. The molecule has 0 aliphatic heterocycles. The third-order valence-electron chi connectivity index (χ3n) is 21.2. The second-order valence-electron chi connectivity index (χ2n) is 26.7. The molecule has 0 amide bonds. The van der Waals surface area contributed by atoms with Crippen molar-refractivity contribution >= 4 is 68.2 Å². The van der Waals surface area contributed by atoms with E-state index in [0.29, 0.717) is 50.3 Å². The van der Waals surface area contributed by atoms with Crippen LogP contribution in [0.25, 0.3) is 89.7 Å². The molecule has 3 nitrogen and oxygen atoms in total. The van der Waals surface area contributed by atoms with Gasteiger partial charge in [-0.05, 0) is 203 Å². The first-order chi connectivity index (χ1) is 51.4. The third kappa shape index (κ3) is 10.4. The Balaban J connectivity index is 0.803. The van der Waals surface area contributed by atoms with Gasteiger partial charge in [0.2, 0.25) is 0 Å². The summed E-state index contributed by atoms with van der Waals surface area (Å²) in [6.45, 7) is 8.08. The van der Waals surface area contributed by atoms with Crippen LogP contribution in [0.3, 0.4) is 0 Å². The minimum absolute atomic E-state index is 0.0517. The molecule has 502 valence electrons. The highest BCUT2D eigenvalue weighted by atomic mass is 19.1. The molecular formula is C96H60F6N2O. The highest BCUT2D eigenvalue weighted by molar-refractivity contribution is 6.08. The van der Waals surface area contributed by atoms with Crippen LogP contribution in [0, 0.1) is 34.9 Å². The van der Waals surface area contributed by atoms with Crippen molar-refractivity contribution in [2.45, 2.75) is 10.8 Å². The van der Waals surface area contributed by atoms with Gasteiger partial charge in [0, 0.05) is 56.8 Å². The summed E-state index contributed by atoms with van der Waals surface area (Å²) < 4.78 is 105. The van der Waals surface area contributed by atoms with E-state index in [1.54, 1.807) is 34.1 Å². The van der Waals surface area contributed by atoms with Gasteiger partial charge >= 0.3 is 0 Å². The Morgan fingerprint density at radius 1 is 0.267 bits per heavy atom. The lowest BCUT2D eigenvalue weighted by Crippen LogP contribution is -2.28. The summed E-state index contributed by atoms with van der Waals surface area (Å²) in [5.74, 6) is -4.03. The van der Waals surface area contributed by atoms with Gasteiger partial charge in [0.25, 0.3) is 0 Å². The highest BCUT2D eigenvalue weighted by Crippen LogP contribution is 2.60. The lowest BCUT2D eigenvalue weighted by molar-refractivity contribution is 0.604. The van der Waals surface area contributed by atoms with Gasteiger partial charge in [0.15, 0.2) is 0 Å². The van der Waals surface area contributed by atoms with E-state index in [2.05, 4.69) is 147 Å². The molecule has 105 heavy (non-hydrogen) atoms. The Hall–Kier alpha value is -13.2. The summed E-state index contributed by atoms with van der Waals surface area (Å²) in [6, 6.07) is 101. The zero-order chi connectivity index (χ0) is 71.2. The molecule has 9 heteroatoms. The van der Waals surface area contributed by atoms with E-state index in [-0.39, 0.29) is 28.1 Å². The van der Waals surface area contributed by atoms with Crippen molar-refractivity contribution in [1.82, 2.24) is 0 Å². The lowest BCUT2D eigenvalue weighted by Gasteiger charge is -2.35. The second kappa shape index (κ2) is 25.4. The first-order valence-corrected chi connectivity index (χ1v) is 34.6. The minimum Gasteiger partial charge on any atom is -0.456 e. The Morgan fingerprint density at radius 3 is 1.10 bits per heavy atom. The van der Waals surface area contributed by atoms with Gasteiger partial charge in [0.1, 0.15) is 46.1 Å². The fourth-order valence-electron chi connectivity index (χ4n) is 16.4. The van der Waals surface area contributed by atoms with Crippen LogP contribution in [0.15, 0.2) is 345 Å². The Kier molecular flexibility index (Phi) is 15.4. The number of hydrogen-bond donors (Lipinski definition) is 0. The van der Waals surface area contributed by atoms with E-state index in [0.717, 1.165) is 107 Å². The van der Waals surface area contributed by atoms with E-state index in [4.69, 9.17) is 4.42 Å². The number of nitrogens with zero attached hydrogens (tertiary/aromatic N) is 2. The molecule has 2 aliphatic rings. The molecule has 1 heterocycles. The van der Waals surface area contributed by atoms with Crippen molar-refractivity contribution in [2.75, 3.05) is 9.80 Å². The molecule has 2 unspecified atom stereocenters. The van der Waals surface area contributed by atoms with Crippen molar-refractivity contribution in [2.24, 2.45) is 0 Å². The summed E-state index contributed by atoms with van der Waals surface area (Å²) in [5.41, 5.74) is 17.8. The molecule has 16 aromatic rings. The van der Waals surface area contributed by atoms with Gasteiger partial charge in [-0.15, -0.1) is 0 Å². The van der Waals surface area contributed by atoms with Gasteiger partial charge < -0.3 is 14.2 Å². The average molecular weight is 1370 g/mol. The fourth-order valence-corrected chi connectivity index (χ4v) is 16.4. The van der Waals surface area contributed by atoms with Crippen LogP contribution >= 0.6 is 0 Å². The molecule has 15 aromatic carbocycles. The molecule has 0 saturated carbocycles. The zero-order valence-electron chi connectivity index (χ0n) is 56.3. The third-order valence-corrected chi connectivity index (χ3v) is 21.2. The summed E-state index contributed by atoms with van der Waals surface area (Å²) in [5, 5.41) is 1.15. The van der Waals surface area contributed by atoms with Crippen molar-refractivity contribution < 1.29 is 30.8 Å². The number of halogens is 6. The number of fused-ring (bicyclic) bond motifs is 9. The van der Waals surface area contributed by atoms with Gasteiger partial charge in [0.05, 0.1) is 22.2 Å². The van der Waals surface area contributed by atoms with Crippen LogP contribution in [0.2, 0.25) is 0 Å². The summed E-state index contributed by atoms with van der Waals surface area (Å²) in [6.07, 6.45) is 3.66. The fraction of sp³-hybridized carbons (Fsp3) is 0.0208. The zero-order valence-corrected chi connectivity index (χ0v) is 56.3. The van der Waals surface area contributed by atoms with Gasteiger partial charge in [-0.2, -0.15) is 0 Å². The molecule has 2 aliphatic carbocycles. The van der Waals surface area contributed by atoms with Gasteiger partial charge in [-0.3, -0.25) is 0 Å². The summed E-state index contributed by atoms with van der Waals surface area (Å²) >= 11 is 0. The van der Waals surface area contributed by atoms with Crippen LogP contribution in [0.4, 0.5) is 60.5 Å². The standard InChI is InChI=1S/C96H60F6N2O/c1-3-59-23-34-67(35-24-59)95(65-15-7-5-8-16-65)83-21-13-11-19-75(83)77-47-33-64(51-85(77)95)61-31-42-71(43-32-61)103(91-57-87(99)79(55-89(91)101)62-27-38-69(97)39-28-62)72-45-49-93-81(52-72)82-53-73(46-50-94(82)105-93)104(92-58-88(100)80(56-90(92)102)63-29-40-70(98)41-30-63)74-44-48-78-76-20-12-14-22-84(76)96(86(78)54-74,66-17-9-6-10-18-66)68-36-25-60(4-2)26-37-68/h3-58H,1-2H2. The Morgan fingerprint density at radius 2 is 0.629 bits per heavy atom. The maximum absolute atomic E-state index is 17.8. The van der Waals surface area contributed by atoms with E-state index in [1.165, 1.54) is 54.6 Å². The molecule has 2 atom stereocenters. The molecule has 1 aromatic heterocycles. The summed E-state index contributed by atoms with van der Waals surface area (Å²) in [4.78, 5) is 3.36. The smallest absolute Gasteiger partial charge is 0.148 e. The number of anilines is 6. The summed E-state index contributed by atoms with van der Waals surface area (Å²) in [7, 11) is 0. The molecule has 0 fully saturated rings. The second-order valence-corrected chi connectivity index (χ2v) is 26.7. The Bertz CT molecular complexity index is 6130. The van der Waals surface area contributed by atoms with Crippen molar-refractivity contribution in [3.8, 4) is 55.6 Å². The quantitative estimate of drug-likeness (QED) is 0.0954. The topological polar surface area (TPSA) is 19.6 Å². The first-order valence-electron chi connectivity index (χ1n) is 34.6. The molecule has 0 N–H and O–H groups in total. The van der Waals surface area contributed by atoms with Crippen molar-refractivity contribution in [3.05, 3.63) is 431 Å². The predicted molar refractivity (Wildman–Crippen MR) is 414 cm³/mol. The molecule has 0 radical (unpaired) electrons. The predicted octanol–water partition coefficient (Wildman–Crippen LogP) is 26.4. The molecule has 0 saturated heterocycles. The maximum atomic E-state index is 17.8. The van der Waals surface area contributed by atoms with Crippen molar-refractivity contribution in [1.29, 1.82) is 0 Å². The highest BCUT2D eigenvalue weighted by Gasteiger charge is 2.48. The molecular weight excluding hydrogens is 1310 g/mol. The van der Waals surface area contributed by atoms with E-state index >= 15 is 17.6 Å². The van der Waals surface area contributed by atoms with Gasteiger partial charge in [-0.25, -0.2) is 26.3 Å². The van der Waals surface area contributed by atoms with E-state index in [1.807, 2.05) is 109 Å². The van der Waals surface area contributed by atoms with Crippen LogP contribution < -0.4 is 9.80 Å². The number of rotatable bonds is 15. The molecule has 18 rings (SSSR count). The van der Waals surface area contributed by atoms with E-state index < -0.39 is 45.7 Å². The number of furan rings is 1. The SMILES string of the molecule is C=Cc1ccc(C2(c3ccccc3)c3ccccc3-c3ccc(-c4ccc(N(c5ccc6oc7ccc(N(c8ccc9c(c8)C(c8ccccc8)(c8ccc(C=C)cc8)c8ccccc8-9)c8cc(F)c(-c9ccc(F)cc9)cc8F)cc7c6c5)c5cc(F)c(-c6ccc(F)cc6)cc5F)cc4)cc32)cc1. The first kappa shape index (κ1) is 63.9. The van der Waals surface area contributed by atoms with Crippen molar-refractivity contribution in [3.63, 3.8) is 0 Å². The maximum Gasteiger partial charge on any atom is 0.148 e. The largest absolute Gasteiger partial charge is 0.456 e. The molecule has 0 bridgehead atoms. The lowest BCUT2D eigenvalue weighted by atomic mass is 9.67. The van der Waals surface area contributed by atoms with E-state index in [9.17, 15) is 8.78 Å². The normalized spacial score (nSPS) is 14.7. The van der Waals surface area contributed by atoms with Crippen LogP contribution in [0.1, 0.15) is 55.6 Å². The van der Waals surface area contributed by atoms with Crippen LogP contribution in [-0.4, -0.2) is 0 Å². The number of benzene rings is 15.